The average Bonchev–Trinajstić information content (AvgIpc) is 3.14. The van der Waals surface area contributed by atoms with Crippen molar-refractivity contribution in [3.05, 3.63) is 47.8 Å². The predicted octanol–water partition coefficient (Wildman–Crippen LogP) is 3.40. The van der Waals surface area contributed by atoms with E-state index < -0.39 is 18.6 Å². The Morgan fingerprint density at radius 1 is 1.20 bits per heavy atom. The molecule has 0 saturated carbocycles. The number of rotatable bonds is 6. The minimum Gasteiger partial charge on any atom is -0.496 e. The molecule has 0 spiro atoms. The first kappa shape index (κ1) is 21.0. The zero-order valence-electron chi connectivity index (χ0n) is 16.1. The van der Waals surface area contributed by atoms with Crippen LogP contribution in [0.15, 0.2) is 36.7 Å². The Balaban J connectivity index is 2.04. The number of fused-ring (bicyclic) bond motifs is 1. The standard InChI is InChI=1S/C20H17F3N4O3/c1-29-16-8-13(9-17(30-2)18(16)19(28)25-10-20(21,22)23)27-11-26-14-7-12(5-6-24)3-4-15(14)27/h3-4,7-9,11H,5,10H2,1-2H3,(H,25,28). The molecular weight excluding hydrogens is 401 g/mol. The Hall–Kier alpha value is -3.74. The summed E-state index contributed by atoms with van der Waals surface area (Å²) in [6, 6.07) is 10.5. The van der Waals surface area contributed by atoms with Gasteiger partial charge in [0.2, 0.25) is 0 Å². The van der Waals surface area contributed by atoms with Crippen LogP contribution in [-0.2, 0) is 6.42 Å². The molecule has 3 rings (SSSR count). The van der Waals surface area contributed by atoms with E-state index in [-0.39, 0.29) is 23.5 Å². The number of aromatic nitrogens is 2. The van der Waals surface area contributed by atoms with Crippen LogP contribution in [0, 0.1) is 11.3 Å². The molecule has 0 fully saturated rings. The maximum atomic E-state index is 12.5. The second-order valence-electron chi connectivity index (χ2n) is 6.30. The fourth-order valence-corrected chi connectivity index (χ4v) is 3.00. The minimum absolute atomic E-state index is 0.0481. The van der Waals surface area contributed by atoms with Crippen molar-refractivity contribution < 1.29 is 27.4 Å². The number of benzene rings is 2. The number of amides is 1. The Morgan fingerprint density at radius 3 is 2.43 bits per heavy atom. The summed E-state index contributed by atoms with van der Waals surface area (Å²) in [5.41, 5.74) is 2.60. The smallest absolute Gasteiger partial charge is 0.405 e. The summed E-state index contributed by atoms with van der Waals surface area (Å²) in [6.45, 7) is -1.48. The summed E-state index contributed by atoms with van der Waals surface area (Å²) < 4.78 is 49.6. The number of carbonyl (C=O) groups excluding carboxylic acids is 1. The van der Waals surface area contributed by atoms with E-state index >= 15 is 0 Å². The molecule has 30 heavy (non-hydrogen) atoms. The van der Waals surface area contributed by atoms with Crippen LogP contribution < -0.4 is 14.8 Å². The van der Waals surface area contributed by atoms with Crippen molar-refractivity contribution in [3.8, 4) is 23.3 Å². The Labute approximate surface area is 169 Å². The van der Waals surface area contributed by atoms with Gasteiger partial charge in [-0.15, -0.1) is 0 Å². The van der Waals surface area contributed by atoms with E-state index in [1.54, 1.807) is 29.1 Å². The number of nitrogens with one attached hydrogen (secondary N) is 1. The third-order valence-corrected chi connectivity index (χ3v) is 4.34. The Bertz CT molecular complexity index is 1110. The summed E-state index contributed by atoms with van der Waals surface area (Å²) >= 11 is 0. The molecule has 10 heteroatoms. The molecule has 0 unspecified atom stereocenters. The molecule has 156 valence electrons. The molecule has 7 nitrogen and oxygen atoms in total. The molecular formula is C20H17F3N4O3. The molecule has 0 aliphatic carbocycles. The largest absolute Gasteiger partial charge is 0.496 e. The van der Waals surface area contributed by atoms with E-state index in [0.29, 0.717) is 11.2 Å². The lowest BCUT2D eigenvalue weighted by Crippen LogP contribution is -2.34. The number of hydrogen-bond acceptors (Lipinski definition) is 5. The third kappa shape index (κ3) is 4.30. The molecule has 1 amide bonds. The molecule has 0 atom stereocenters. The van der Waals surface area contributed by atoms with Gasteiger partial charge >= 0.3 is 6.18 Å². The number of carbonyl (C=O) groups is 1. The molecule has 0 bridgehead atoms. The second kappa shape index (κ2) is 8.32. The van der Waals surface area contributed by atoms with E-state index in [4.69, 9.17) is 14.7 Å². The van der Waals surface area contributed by atoms with Crippen LogP contribution >= 0.6 is 0 Å². The van der Waals surface area contributed by atoms with Crippen LogP contribution in [0.3, 0.4) is 0 Å². The van der Waals surface area contributed by atoms with Crippen molar-refractivity contribution in [1.29, 1.82) is 5.26 Å². The molecule has 0 saturated heterocycles. The molecule has 0 aliphatic heterocycles. The van der Waals surface area contributed by atoms with Crippen molar-refractivity contribution in [2.75, 3.05) is 20.8 Å². The number of hydrogen-bond donors (Lipinski definition) is 1. The summed E-state index contributed by atoms with van der Waals surface area (Å²) in [7, 11) is 2.61. The fourth-order valence-electron chi connectivity index (χ4n) is 3.00. The number of methoxy groups -OCH3 is 2. The van der Waals surface area contributed by atoms with E-state index in [1.165, 1.54) is 26.4 Å². The zero-order chi connectivity index (χ0) is 21.9. The molecule has 1 N–H and O–H groups in total. The summed E-state index contributed by atoms with van der Waals surface area (Å²) in [4.78, 5) is 16.7. The lowest BCUT2D eigenvalue weighted by atomic mass is 10.1. The number of halogens is 3. The predicted molar refractivity (Wildman–Crippen MR) is 102 cm³/mol. The number of nitriles is 1. The van der Waals surface area contributed by atoms with Gasteiger partial charge < -0.3 is 14.8 Å². The molecule has 1 heterocycles. The minimum atomic E-state index is -4.55. The van der Waals surface area contributed by atoms with Gasteiger partial charge in [0.25, 0.3) is 5.91 Å². The van der Waals surface area contributed by atoms with Crippen LogP contribution in [0.1, 0.15) is 15.9 Å². The number of nitrogens with zero attached hydrogens (tertiary/aromatic N) is 3. The highest BCUT2D eigenvalue weighted by atomic mass is 19.4. The van der Waals surface area contributed by atoms with Gasteiger partial charge in [-0.2, -0.15) is 18.4 Å². The molecule has 3 aromatic rings. The highest BCUT2D eigenvalue weighted by Crippen LogP contribution is 2.33. The van der Waals surface area contributed by atoms with Gasteiger partial charge in [0, 0.05) is 12.1 Å². The van der Waals surface area contributed by atoms with Gasteiger partial charge in [-0.1, -0.05) is 6.07 Å². The van der Waals surface area contributed by atoms with Gasteiger partial charge in [0.05, 0.1) is 43.4 Å². The quantitative estimate of drug-likeness (QED) is 0.663. The molecule has 0 radical (unpaired) electrons. The molecule has 0 aliphatic rings. The van der Waals surface area contributed by atoms with Gasteiger partial charge in [0.15, 0.2) is 0 Å². The second-order valence-corrected chi connectivity index (χ2v) is 6.30. The van der Waals surface area contributed by atoms with E-state index in [1.807, 2.05) is 5.32 Å². The van der Waals surface area contributed by atoms with Crippen LogP contribution in [0.2, 0.25) is 0 Å². The van der Waals surface area contributed by atoms with E-state index in [0.717, 1.165) is 11.1 Å². The highest BCUT2D eigenvalue weighted by molar-refractivity contribution is 6.00. The summed E-state index contributed by atoms with van der Waals surface area (Å²) in [6.07, 6.45) is -2.74. The van der Waals surface area contributed by atoms with Crippen LogP contribution in [-0.4, -0.2) is 42.4 Å². The highest BCUT2D eigenvalue weighted by Gasteiger charge is 2.29. The first-order chi connectivity index (χ1) is 14.3. The van der Waals surface area contributed by atoms with Crippen LogP contribution in [0.5, 0.6) is 11.5 Å². The summed E-state index contributed by atoms with van der Waals surface area (Å²) in [5, 5.41) is 10.7. The Morgan fingerprint density at radius 2 is 1.87 bits per heavy atom. The molecule has 1 aromatic heterocycles. The van der Waals surface area contributed by atoms with E-state index in [9.17, 15) is 18.0 Å². The van der Waals surface area contributed by atoms with Crippen molar-refractivity contribution in [2.24, 2.45) is 0 Å². The zero-order valence-corrected chi connectivity index (χ0v) is 16.1. The van der Waals surface area contributed by atoms with Crippen molar-refractivity contribution in [2.45, 2.75) is 12.6 Å². The first-order valence-corrected chi connectivity index (χ1v) is 8.71. The van der Waals surface area contributed by atoms with Crippen molar-refractivity contribution in [3.63, 3.8) is 0 Å². The van der Waals surface area contributed by atoms with Gasteiger partial charge in [-0.05, 0) is 17.7 Å². The SMILES string of the molecule is COc1cc(-n2cnc3cc(CC#N)ccc32)cc(OC)c1C(=O)NCC(F)(F)F. The van der Waals surface area contributed by atoms with Crippen molar-refractivity contribution >= 4 is 16.9 Å². The van der Waals surface area contributed by atoms with Crippen LogP contribution in [0.25, 0.3) is 16.7 Å². The van der Waals surface area contributed by atoms with Crippen LogP contribution in [0.4, 0.5) is 13.2 Å². The fraction of sp³-hybridized carbons (Fsp3) is 0.250. The normalized spacial score (nSPS) is 11.2. The summed E-state index contributed by atoms with van der Waals surface area (Å²) in [5.74, 6) is -0.872. The first-order valence-electron chi connectivity index (χ1n) is 8.71. The maximum absolute atomic E-state index is 12.5. The number of ether oxygens (including phenoxy) is 2. The average molecular weight is 418 g/mol. The number of imidazole rings is 1. The monoisotopic (exact) mass is 418 g/mol. The van der Waals surface area contributed by atoms with Gasteiger partial charge in [-0.3, -0.25) is 9.36 Å². The topological polar surface area (TPSA) is 89.2 Å². The van der Waals surface area contributed by atoms with Crippen molar-refractivity contribution in [1.82, 2.24) is 14.9 Å². The Kier molecular flexibility index (Phi) is 5.82. The molecule has 2 aromatic carbocycles. The number of alkyl halides is 3. The van der Waals surface area contributed by atoms with Gasteiger partial charge in [0.1, 0.15) is 29.9 Å². The van der Waals surface area contributed by atoms with E-state index in [2.05, 4.69) is 11.1 Å². The lowest BCUT2D eigenvalue weighted by Gasteiger charge is -2.16. The maximum Gasteiger partial charge on any atom is 0.405 e. The van der Waals surface area contributed by atoms with Gasteiger partial charge in [-0.25, -0.2) is 4.98 Å². The third-order valence-electron chi connectivity index (χ3n) is 4.34. The lowest BCUT2D eigenvalue weighted by molar-refractivity contribution is -0.123.